The molecule has 6 nitrogen and oxygen atoms in total. The fourth-order valence-corrected chi connectivity index (χ4v) is 2.13. The van der Waals surface area contributed by atoms with Crippen molar-refractivity contribution in [2.45, 2.75) is 33.4 Å². The van der Waals surface area contributed by atoms with Crippen LogP contribution in [0, 0.1) is 13.8 Å². The molecule has 2 amide bonds. The lowest BCUT2D eigenvalue weighted by Gasteiger charge is -2.24. The summed E-state index contributed by atoms with van der Waals surface area (Å²) in [6.45, 7) is 6.36. The minimum Gasteiger partial charge on any atom is -0.334 e. The van der Waals surface area contributed by atoms with Crippen LogP contribution < -0.4 is 5.32 Å². The molecule has 1 unspecified atom stereocenters. The number of amides is 2. The zero-order chi connectivity index (χ0) is 16.1. The summed E-state index contributed by atoms with van der Waals surface area (Å²) in [6, 6.07) is 3.54. The second-order valence-corrected chi connectivity index (χ2v) is 5.33. The van der Waals surface area contributed by atoms with Crippen LogP contribution in [0.4, 0.5) is 4.79 Å². The first-order valence-electron chi connectivity index (χ1n) is 7.17. The van der Waals surface area contributed by atoms with Crippen molar-refractivity contribution in [1.29, 1.82) is 0 Å². The number of rotatable bonds is 4. The number of nitrogens with one attached hydrogen (secondary N) is 1. The highest BCUT2D eigenvalue weighted by molar-refractivity contribution is 5.74. The van der Waals surface area contributed by atoms with Crippen molar-refractivity contribution in [3.8, 4) is 0 Å². The zero-order valence-corrected chi connectivity index (χ0v) is 13.4. The summed E-state index contributed by atoms with van der Waals surface area (Å²) in [7, 11) is 1.75. The minimum absolute atomic E-state index is 0.125. The Morgan fingerprint density at radius 1 is 1.36 bits per heavy atom. The van der Waals surface area contributed by atoms with Gasteiger partial charge in [0.15, 0.2) is 0 Å². The molecular formula is C16H21N5O. The predicted molar refractivity (Wildman–Crippen MR) is 84.2 cm³/mol. The van der Waals surface area contributed by atoms with Crippen LogP contribution in [0.1, 0.15) is 35.5 Å². The predicted octanol–water partition coefficient (Wildman–Crippen LogP) is 2.39. The van der Waals surface area contributed by atoms with E-state index in [0.29, 0.717) is 6.54 Å². The molecule has 0 fully saturated rings. The third-order valence-corrected chi connectivity index (χ3v) is 3.72. The number of aryl methyl sites for hydroxylation is 2. The van der Waals surface area contributed by atoms with Crippen LogP contribution in [-0.2, 0) is 6.54 Å². The third kappa shape index (κ3) is 3.78. The van der Waals surface area contributed by atoms with E-state index in [0.717, 1.165) is 22.5 Å². The summed E-state index contributed by atoms with van der Waals surface area (Å²) in [5.41, 5.74) is 3.92. The van der Waals surface area contributed by atoms with Crippen molar-refractivity contribution >= 4 is 6.03 Å². The summed E-state index contributed by atoms with van der Waals surface area (Å²) in [5.74, 6) is 0. The molecule has 1 N–H and O–H groups in total. The Morgan fingerprint density at radius 2 is 2.14 bits per heavy atom. The summed E-state index contributed by atoms with van der Waals surface area (Å²) in [6.07, 6.45) is 4.96. The lowest BCUT2D eigenvalue weighted by Crippen LogP contribution is -2.38. The topological polar surface area (TPSA) is 71.0 Å². The Balaban J connectivity index is 1.97. The van der Waals surface area contributed by atoms with E-state index in [-0.39, 0.29) is 12.1 Å². The van der Waals surface area contributed by atoms with E-state index < -0.39 is 0 Å². The van der Waals surface area contributed by atoms with Crippen molar-refractivity contribution in [2.24, 2.45) is 0 Å². The molecule has 0 saturated carbocycles. The van der Waals surface area contributed by atoms with Crippen LogP contribution in [-0.4, -0.2) is 32.9 Å². The molecule has 6 heteroatoms. The largest absolute Gasteiger partial charge is 0.334 e. The molecule has 0 aliphatic carbocycles. The van der Waals surface area contributed by atoms with Gasteiger partial charge in [-0.2, -0.15) is 0 Å². The van der Waals surface area contributed by atoms with Gasteiger partial charge in [0.1, 0.15) is 6.33 Å². The standard InChI is InChI=1S/C16H21N5O/c1-11-7-12(2)18-8-14(11)9-19-16(22)21(4)13(3)15-5-6-17-10-20-15/h5-8,10,13H,9H2,1-4H3,(H,19,22). The number of pyridine rings is 1. The molecule has 116 valence electrons. The van der Waals surface area contributed by atoms with Gasteiger partial charge in [0.25, 0.3) is 0 Å². The van der Waals surface area contributed by atoms with Gasteiger partial charge in [-0.05, 0) is 44.0 Å². The first-order valence-corrected chi connectivity index (χ1v) is 7.17. The molecule has 0 aromatic carbocycles. The highest BCUT2D eigenvalue weighted by Crippen LogP contribution is 2.15. The smallest absolute Gasteiger partial charge is 0.317 e. The van der Waals surface area contributed by atoms with Crippen LogP contribution in [0.3, 0.4) is 0 Å². The maximum atomic E-state index is 12.3. The maximum Gasteiger partial charge on any atom is 0.317 e. The second kappa shape index (κ2) is 6.98. The van der Waals surface area contributed by atoms with Crippen LogP contribution in [0.2, 0.25) is 0 Å². The Kier molecular flexibility index (Phi) is 5.04. The number of hydrogen-bond donors (Lipinski definition) is 1. The molecule has 22 heavy (non-hydrogen) atoms. The highest BCUT2D eigenvalue weighted by atomic mass is 16.2. The Bertz CT molecular complexity index is 644. The van der Waals surface area contributed by atoms with Gasteiger partial charge in [-0.25, -0.2) is 14.8 Å². The molecular weight excluding hydrogens is 278 g/mol. The number of nitrogens with zero attached hydrogens (tertiary/aromatic N) is 4. The molecule has 0 aliphatic heterocycles. The van der Waals surface area contributed by atoms with Crippen molar-refractivity contribution in [3.63, 3.8) is 0 Å². The van der Waals surface area contributed by atoms with Crippen molar-refractivity contribution in [3.05, 3.63) is 53.4 Å². The number of aromatic nitrogens is 3. The molecule has 2 heterocycles. The Hall–Kier alpha value is -2.50. The minimum atomic E-state index is -0.147. The van der Waals surface area contributed by atoms with E-state index in [2.05, 4.69) is 20.3 Å². The van der Waals surface area contributed by atoms with Gasteiger partial charge in [0.2, 0.25) is 0 Å². The van der Waals surface area contributed by atoms with Gasteiger partial charge in [-0.1, -0.05) is 0 Å². The Labute approximate surface area is 130 Å². The molecule has 0 aliphatic rings. The summed E-state index contributed by atoms with van der Waals surface area (Å²) in [4.78, 5) is 26.2. The number of carbonyl (C=O) groups excluding carboxylic acids is 1. The van der Waals surface area contributed by atoms with E-state index in [1.807, 2.05) is 32.9 Å². The van der Waals surface area contributed by atoms with Gasteiger partial charge in [-0.15, -0.1) is 0 Å². The SMILES string of the molecule is Cc1cc(C)c(CNC(=O)N(C)C(C)c2ccncn2)cn1. The fraction of sp³-hybridized carbons (Fsp3) is 0.375. The average molecular weight is 299 g/mol. The van der Waals surface area contributed by atoms with Crippen LogP contribution in [0.15, 0.2) is 30.9 Å². The molecule has 2 aromatic rings. The van der Waals surface area contributed by atoms with Gasteiger partial charge >= 0.3 is 6.03 Å². The highest BCUT2D eigenvalue weighted by Gasteiger charge is 2.18. The monoisotopic (exact) mass is 299 g/mol. The number of urea groups is 1. The second-order valence-electron chi connectivity index (χ2n) is 5.33. The first-order chi connectivity index (χ1) is 10.5. The molecule has 2 rings (SSSR count). The van der Waals surface area contributed by atoms with Gasteiger partial charge < -0.3 is 10.2 Å². The lowest BCUT2D eigenvalue weighted by molar-refractivity contribution is 0.193. The lowest BCUT2D eigenvalue weighted by atomic mass is 10.1. The zero-order valence-electron chi connectivity index (χ0n) is 13.4. The van der Waals surface area contributed by atoms with E-state index in [1.165, 1.54) is 6.33 Å². The van der Waals surface area contributed by atoms with Crippen LogP contribution >= 0.6 is 0 Å². The Morgan fingerprint density at radius 3 is 2.77 bits per heavy atom. The summed E-state index contributed by atoms with van der Waals surface area (Å²) in [5, 5.41) is 2.91. The van der Waals surface area contributed by atoms with Gasteiger partial charge in [-0.3, -0.25) is 4.98 Å². The van der Waals surface area contributed by atoms with Gasteiger partial charge in [0.05, 0.1) is 11.7 Å². The molecule has 0 bridgehead atoms. The average Bonchev–Trinajstić information content (AvgIpc) is 2.53. The quantitative estimate of drug-likeness (QED) is 0.941. The van der Waals surface area contributed by atoms with Crippen molar-refractivity contribution in [1.82, 2.24) is 25.2 Å². The number of carbonyl (C=O) groups is 1. The number of hydrogen-bond acceptors (Lipinski definition) is 4. The van der Waals surface area contributed by atoms with E-state index in [9.17, 15) is 4.79 Å². The van der Waals surface area contributed by atoms with Crippen molar-refractivity contribution in [2.75, 3.05) is 7.05 Å². The normalized spacial score (nSPS) is 11.8. The third-order valence-electron chi connectivity index (χ3n) is 3.72. The van der Waals surface area contributed by atoms with Gasteiger partial charge in [0, 0.05) is 31.7 Å². The van der Waals surface area contributed by atoms with E-state index in [1.54, 1.807) is 24.3 Å². The summed E-state index contributed by atoms with van der Waals surface area (Å²) >= 11 is 0. The van der Waals surface area contributed by atoms with Crippen molar-refractivity contribution < 1.29 is 4.79 Å². The summed E-state index contributed by atoms with van der Waals surface area (Å²) < 4.78 is 0. The molecule has 0 radical (unpaired) electrons. The maximum absolute atomic E-state index is 12.3. The molecule has 0 saturated heterocycles. The molecule has 0 spiro atoms. The first kappa shape index (κ1) is 15.9. The van der Waals surface area contributed by atoms with Crippen LogP contribution in [0.5, 0.6) is 0 Å². The molecule has 1 atom stereocenters. The van der Waals surface area contributed by atoms with E-state index >= 15 is 0 Å². The fourth-order valence-electron chi connectivity index (χ4n) is 2.13. The van der Waals surface area contributed by atoms with Crippen LogP contribution in [0.25, 0.3) is 0 Å². The molecule has 2 aromatic heterocycles. The van der Waals surface area contributed by atoms with E-state index in [4.69, 9.17) is 0 Å².